The van der Waals surface area contributed by atoms with Gasteiger partial charge in [-0.3, -0.25) is 4.79 Å². The van der Waals surface area contributed by atoms with Crippen LogP contribution in [0, 0.1) is 0 Å². The van der Waals surface area contributed by atoms with Crippen LogP contribution < -0.4 is 14.4 Å². The van der Waals surface area contributed by atoms with Gasteiger partial charge in [-0.05, 0) is 36.4 Å². The molecular weight excluding hydrogens is 306 g/mol. The first-order valence-electron chi connectivity index (χ1n) is 7.46. The Morgan fingerprint density at radius 3 is 2.54 bits per heavy atom. The Morgan fingerprint density at radius 1 is 1.08 bits per heavy atom. The van der Waals surface area contributed by atoms with E-state index >= 15 is 0 Å². The van der Waals surface area contributed by atoms with E-state index in [1.54, 1.807) is 50.7 Å². The van der Waals surface area contributed by atoms with Crippen LogP contribution in [0.15, 0.2) is 42.7 Å². The van der Waals surface area contributed by atoms with Crippen molar-refractivity contribution in [1.29, 1.82) is 0 Å². The highest BCUT2D eigenvalue weighted by atomic mass is 16.5. The normalized spacial score (nSPS) is 10.7. The molecule has 0 aliphatic rings. The maximum Gasteiger partial charge on any atom is 0.258 e. The van der Waals surface area contributed by atoms with Crippen molar-refractivity contribution in [2.45, 2.75) is 0 Å². The lowest BCUT2D eigenvalue weighted by molar-refractivity contribution is 0.0992. The molecule has 0 N–H and O–H groups in total. The van der Waals surface area contributed by atoms with Gasteiger partial charge in [0, 0.05) is 25.3 Å². The van der Waals surface area contributed by atoms with E-state index in [9.17, 15) is 4.79 Å². The number of imidazole rings is 1. The van der Waals surface area contributed by atoms with Gasteiger partial charge in [0.05, 0.1) is 31.6 Å². The zero-order chi connectivity index (χ0) is 17.3. The topological polar surface area (TPSA) is 56.6 Å². The molecule has 2 aromatic carbocycles. The molecule has 124 valence electrons. The first-order chi connectivity index (χ1) is 11.5. The van der Waals surface area contributed by atoms with Crippen LogP contribution in [0.1, 0.15) is 10.4 Å². The molecule has 6 heteroatoms. The van der Waals surface area contributed by atoms with Crippen molar-refractivity contribution in [3.63, 3.8) is 0 Å². The molecule has 0 radical (unpaired) electrons. The van der Waals surface area contributed by atoms with Crippen molar-refractivity contribution in [2.24, 2.45) is 7.05 Å². The summed E-state index contributed by atoms with van der Waals surface area (Å²) in [7, 11) is 6.79. The number of anilines is 1. The SMILES string of the molecule is COc1ccc(C(=O)N(C)c2ccc3c(c2)ncn3C)cc1OC. The molecule has 0 bridgehead atoms. The van der Waals surface area contributed by atoms with Gasteiger partial charge < -0.3 is 18.9 Å². The standard InChI is InChI=1S/C18H19N3O3/c1-20-11-19-14-10-13(6-7-15(14)20)21(2)18(22)12-5-8-16(23-3)17(9-12)24-4/h5-11H,1-4H3. The maximum absolute atomic E-state index is 12.8. The second-order valence-corrected chi connectivity index (χ2v) is 5.46. The lowest BCUT2D eigenvalue weighted by Gasteiger charge is -2.18. The molecule has 0 saturated heterocycles. The fourth-order valence-electron chi connectivity index (χ4n) is 2.61. The minimum absolute atomic E-state index is 0.133. The maximum atomic E-state index is 12.8. The molecule has 1 aromatic heterocycles. The largest absolute Gasteiger partial charge is 0.493 e. The average Bonchev–Trinajstić information content (AvgIpc) is 3.00. The third-order valence-corrected chi connectivity index (χ3v) is 4.03. The number of fused-ring (bicyclic) bond motifs is 1. The zero-order valence-corrected chi connectivity index (χ0v) is 14.1. The third-order valence-electron chi connectivity index (χ3n) is 4.03. The fourth-order valence-corrected chi connectivity index (χ4v) is 2.61. The predicted molar refractivity (Wildman–Crippen MR) is 93.0 cm³/mol. The van der Waals surface area contributed by atoms with Crippen LogP contribution in [0.2, 0.25) is 0 Å². The van der Waals surface area contributed by atoms with Gasteiger partial charge in [-0.15, -0.1) is 0 Å². The van der Waals surface area contributed by atoms with E-state index in [0.29, 0.717) is 17.1 Å². The van der Waals surface area contributed by atoms with Gasteiger partial charge in [-0.1, -0.05) is 0 Å². The number of aromatic nitrogens is 2. The monoisotopic (exact) mass is 325 g/mol. The Labute approximate surface area is 140 Å². The number of hydrogen-bond donors (Lipinski definition) is 0. The molecule has 0 fully saturated rings. The highest BCUT2D eigenvalue weighted by Gasteiger charge is 2.17. The molecule has 0 atom stereocenters. The van der Waals surface area contributed by atoms with Gasteiger partial charge in [-0.25, -0.2) is 4.98 Å². The van der Waals surface area contributed by atoms with E-state index in [-0.39, 0.29) is 5.91 Å². The second-order valence-electron chi connectivity index (χ2n) is 5.46. The summed E-state index contributed by atoms with van der Waals surface area (Å²) in [5.41, 5.74) is 3.17. The average molecular weight is 325 g/mol. The number of benzene rings is 2. The molecule has 3 aromatic rings. The fraction of sp³-hybridized carbons (Fsp3) is 0.222. The predicted octanol–water partition coefficient (Wildman–Crippen LogP) is 2.87. The van der Waals surface area contributed by atoms with Gasteiger partial charge in [-0.2, -0.15) is 0 Å². The lowest BCUT2D eigenvalue weighted by Crippen LogP contribution is -2.26. The van der Waals surface area contributed by atoms with Crippen molar-refractivity contribution < 1.29 is 14.3 Å². The molecule has 6 nitrogen and oxygen atoms in total. The van der Waals surface area contributed by atoms with Crippen molar-refractivity contribution >= 4 is 22.6 Å². The summed E-state index contributed by atoms with van der Waals surface area (Å²) >= 11 is 0. The molecule has 1 amide bonds. The summed E-state index contributed by atoms with van der Waals surface area (Å²) in [6, 6.07) is 10.9. The van der Waals surface area contributed by atoms with Crippen LogP contribution in [0.4, 0.5) is 5.69 Å². The molecule has 0 aliphatic heterocycles. The number of hydrogen-bond acceptors (Lipinski definition) is 4. The number of rotatable bonds is 4. The number of aryl methyl sites for hydroxylation is 1. The first kappa shape index (κ1) is 15.9. The molecular formula is C18H19N3O3. The summed E-state index contributed by atoms with van der Waals surface area (Å²) in [5.74, 6) is 0.981. The van der Waals surface area contributed by atoms with Crippen LogP contribution in [0.5, 0.6) is 11.5 Å². The number of nitrogens with zero attached hydrogens (tertiary/aromatic N) is 3. The van der Waals surface area contributed by atoms with Crippen LogP contribution in [0.3, 0.4) is 0 Å². The van der Waals surface area contributed by atoms with Gasteiger partial charge in [0.25, 0.3) is 5.91 Å². The Hall–Kier alpha value is -3.02. The summed E-state index contributed by atoms with van der Waals surface area (Å²) in [4.78, 5) is 18.7. The zero-order valence-electron chi connectivity index (χ0n) is 14.1. The van der Waals surface area contributed by atoms with Crippen molar-refractivity contribution in [3.05, 3.63) is 48.3 Å². The van der Waals surface area contributed by atoms with Crippen LogP contribution in [-0.2, 0) is 7.05 Å². The summed E-state index contributed by atoms with van der Waals surface area (Å²) in [6.07, 6.45) is 1.75. The minimum atomic E-state index is -0.133. The molecule has 24 heavy (non-hydrogen) atoms. The number of methoxy groups -OCH3 is 2. The molecule has 0 unspecified atom stereocenters. The quantitative estimate of drug-likeness (QED) is 0.740. The number of ether oxygens (including phenoxy) is 2. The second kappa shape index (κ2) is 6.23. The number of amides is 1. The molecule has 0 saturated carbocycles. The van der Waals surface area contributed by atoms with Crippen LogP contribution in [-0.4, -0.2) is 36.7 Å². The third kappa shape index (κ3) is 2.67. The summed E-state index contributed by atoms with van der Waals surface area (Å²) in [5, 5.41) is 0. The molecule has 3 rings (SSSR count). The first-order valence-corrected chi connectivity index (χ1v) is 7.46. The van der Waals surface area contributed by atoms with E-state index < -0.39 is 0 Å². The number of carbonyl (C=O) groups is 1. The Kier molecular flexibility index (Phi) is 4.12. The van der Waals surface area contributed by atoms with E-state index in [4.69, 9.17) is 9.47 Å². The smallest absolute Gasteiger partial charge is 0.258 e. The molecule has 0 aliphatic carbocycles. The van der Waals surface area contributed by atoms with E-state index in [1.165, 1.54) is 0 Å². The van der Waals surface area contributed by atoms with Gasteiger partial charge in [0.15, 0.2) is 11.5 Å². The lowest BCUT2D eigenvalue weighted by atomic mass is 10.1. The van der Waals surface area contributed by atoms with Crippen LogP contribution >= 0.6 is 0 Å². The van der Waals surface area contributed by atoms with Crippen molar-refractivity contribution in [3.8, 4) is 11.5 Å². The summed E-state index contributed by atoms with van der Waals surface area (Å²) in [6.45, 7) is 0. The molecule has 0 spiro atoms. The Bertz CT molecular complexity index is 902. The number of carbonyl (C=O) groups excluding carboxylic acids is 1. The van der Waals surface area contributed by atoms with Gasteiger partial charge in [0.2, 0.25) is 0 Å². The van der Waals surface area contributed by atoms with Gasteiger partial charge in [0.1, 0.15) is 0 Å². The van der Waals surface area contributed by atoms with E-state index in [0.717, 1.165) is 16.7 Å². The Morgan fingerprint density at radius 2 is 1.83 bits per heavy atom. The van der Waals surface area contributed by atoms with Crippen molar-refractivity contribution in [1.82, 2.24) is 9.55 Å². The van der Waals surface area contributed by atoms with Crippen molar-refractivity contribution in [2.75, 3.05) is 26.2 Å². The van der Waals surface area contributed by atoms with Gasteiger partial charge >= 0.3 is 0 Å². The minimum Gasteiger partial charge on any atom is -0.493 e. The highest BCUT2D eigenvalue weighted by Crippen LogP contribution is 2.29. The van der Waals surface area contributed by atoms with E-state index in [1.807, 2.05) is 29.8 Å². The van der Waals surface area contributed by atoms with Crippen LogP contribution in [0.25, 0.3) is 11.0 Å². The Balaban J connectivity index is 1.93. The highest BCUT2D eigenvalue weighted by molar-refractivity contribution is 6.06. The van der Waals surface area contributed by atoms with E-state index in [2.05, 4.69) is 4.98 Å². The molecule has 1 heterocycles. The summed E-state index contributed by atoms with van der Waals surface area (Å²) < 4.78 is 12.4.